The Morgan fingerprint density at radius 1 is 1.05 bits per heavy atom. The largest absolute Gasteiger partial charge is 0.307 e. The molecule has 0 aliphatic carbocycles. The Bertz CT molecular complexity index is 566. The Balaban J connectivity index is 2.14. The third-order valence-corrected chi connectivity index (χ3v) is 2.95. The van der Waals surface area contributed by atoms with Crippen LogP contribution in [-0.4, -0.2) is 18.7 Å². The lowest BCUT2D eigenvalue weighted by atomic mass is 10.1. The first-order chi connectivity index (χ1) is 9.20. The third-order valence-electron chi connectivity index (χ3n) is 2.70. The molecule has 96 valence electrons. The maximum absolute atomic E-state index is 12.0. The quantitative estimate of drug-likeness (QED) is 0.620. The molecule has 0 N–H and O–H groups in total. The van der Waals surface area contributed by atoms with E-state index in [1.165, 1.54) is 4.90 Å². The molecule has 0 aliphatic rings. The zero-order valence-corrected chi connectivity index (χ0v) is 10.9. The Kier molecular flexibility index (Phi) is 4.31. The molecule has 4 heteroatoms. The first-order valence-electron chi connectivity index (χ1n) is 5.76. The van der Waals surface area contributed by atoms with Gasteiger partial charge in [0.05, 0.1) is 6.54 Å². The minimum atomic E-state index is -0.109. The van der Waals surface area contributed by atoms with Crippen LogP contribution in [0.15, 0.2) is 54.6 Å². The number of amides is 1. The summed E-state index contributed by atoms with van der Waals surface area (Å²) in [7, 11) is 0. The van der Waals surface area contributed by atoms with Gasteiger partial charge < -0.3 is 4.90 Å². The molecule has 0 unspecified atom stereocenters. The number of Topliss-reactive ketones (excluding diaryl/α,β-unsaturated/α-hetero) is 1. The molecular weight excluding hydrogens is 262 g/mol. The summed E-state index contributed by atoms with van der Waals surface area (Å²) in [6, 6.07) is 15.7. The molecule has 19 heavy (non-hydrogen) atoms. The average molecular weight is 274 g/mol. The van der Waals surface area contributed by atoms with Crippen LogP contribution in [0.1, 0.15) is 10.4 Å². The van der Waals surface area contributed by atoms with E-state index in [2.05, 4.69) is 0 Å². The predicted octanol–water partition coefficient (Wildman–Crippen LogP) is 3.19. The summed E-state index contributed by atoms with van der Waals surface area (Å²) in [5.41, 5.74) is 1.23. The van der Waals surface area contributed by atoms with Crippen LogP contribution in [0.4, 0.5) is 5.69 Å². The van der Waals surface area contributed by atoms with Crippen molar-refractivity contribution in [3.63, 3.8) is 0 Å². The molecule has 0 saturated carbocycles. The second-order valence-electron chi connectivity index (χ2n) is 4.00. The fourth-order valence-corrected chi connectivity index (χ4v) is 1.82. The van der Waals surface area contributed by atoms with E-state index in [-0.39, 0.29) is 12.3 Å². The molecule has 2 rings (SSSR count). The molecule has 0 spiro atoms. The summed E-state index contributed by atoms with van der Waals surface area (Å²) < 4.78 is 0. The molecular formula is C15H12ClNO2. The van der Waals surface area contributed by atoms with E-state index >= 15 is 0 Å². The van der Waals surface area contributed by atoms with Crippen molar-refractivity contribution in [2.24, 2.45) is 0 Å². The van der Waals surface area contributed by atoms with Crippen LogP contribution in [-0.2, 0) is 4.79 Å². The summed E-state index contributed by atoms with van der Waals surface area (Å²) in [5.74, 6) is -0.109. The highest BCUT2D eigenvalue weighted by molar-refractivity contribution is 6.30. The highest BCUT2D eigenvalue weighted by Crippen LogP contribution is 2.17. The Morgan fingerprint density at radius 2 is 1.68 bits per heavy atom. The SMILES string of the molecule is O=CN(CC(=O)c1ccccc1)c1ccc(Cl)cc1. The van der Waals surface area contributed by atoms with Crippen molar-refractivity contribution in [3.05, 3.63) is 65.2 Å². The number of halogens is 1. The Morgan fingerprint density at radius 3 is 2.26 bits per heavy atom. The first kappa shape index (κ1) is 13.3. The number of carbonyl (C=O) groups is 2. The van der Waals surface area contributed by atoms with Gasteiger partial charge in [0.1, 0.15) is 0 Å². The van der Waals surface area contributed by atoms with Crippen molar-refractivity contribution in [2.75, 3.05) is 11.4 Å². The average Bonchev–Trinajstić information content (AvgIpc) is 2.46. The summed E-state index contributed by atoms with van der Waals surface area (Å²) in [6.07, 6.45) is 0.643. The summed E-state index contributed by atoms with van der Waals surface area (Å²) in [4.78, 5) is 24.5. The number of anilines is 1. The van der Waals surface area contributed by atoms with Crippen molar-refractivity contribution >= 4 is 29.5 Å². The molecule has 0 aliphatic heterocycles. The standard InChI is InChI=1S/C15H12ClNO2/c16-13-6-8-14(9-7-13)17(11-18)10-15(19)12-4-2-1-3-5-12/h1-9,11H,10H2. The van der Waals surface area contributed by atoms with Gasteiger partial charge in [0.2, 0.25) is 6.41 Å². The smallest absolute Gasteiger partial charge is 0.214 e. The van der Waals surface area contributed by atoms with Crippen LogP contribution in [0.3, 0.4) is 0 Å². The van der Waals surface area contributed by atoms with Gasteiger partial charge in [0.25, 0.3) is 0 Å². The van der Waals surface area contributed by atoms with Crippen molar-refractivity contribution in [1.29, 1.82) is 0 Å². The van der Waals surface area contributed by atoms with Gasteiger partial charge in [-0.2, -0.15) is 0 Å². The molecule has 0 atom stereocenters. The highest BCUT2D eigenvalue weighted by atomic mass is 35.5. The molecule has 0 fully saturated rings. The number of ketones is 1. The topological polar surface area (TPSA) is 37.4 Å². The van der Waals surface area contributed by atoms with Crippen LogP contribution in [0.2, 0.25) is 5.02 Å². The van der Waals surface area contributed by atoms with E-state index in [1.54, 1.807) is 48.5 Å². The number of carbonyl (C=O) groups excluding carboxylic acids is 2. The van der Waals surface area contributed by atoms with Gasteiger partial charge >= 0.3 is 0 Å². The molecule has 1 amide bonds. The lowest BCUT2D eigenvalue weighted by molar-refractivity contribution is -0.107. The van der Waals surface area contributed by atoms with E-state index < -0.39 is 0 Å². The van der Waals surface area contributed by atoms with Gasteiger partial charge in [-0.3, -0.25) is 9.59 Å². The number of rotatable bonds is 5. The molecule has 2 aromatic carbocycles. The zero-order chi connectivity index (χ0) is 13.7. The van der Waals surface area contributed by atoms with Gasteiger partial charge in [-0.1, -0.05) is 41.9 Å². The van der Waals surface area contributed by atoms with Gasteiger partial charge in [-0.05, 0) is 24.3 Å². The highest BCUT2D eigenvalue weighted by Gasteiger charge is 2.12. The number of benzene rings is 2. The maximum Gasteiger partial charge on any atom is 0.214 e. The van der Waals surface area contributed by atoms with Crippen LogP contribution in [0.25, 0.3) is 0 Å². The zero-order valence-electron chi connectivity index (χ0n) is 10.1. The predicted molar refractivity (Wildman–Crippen MR) is 75.6 cm³/mol. The van der Waals surface area contributed by atoms with Gasteiger partial charge in [0.15, 0.2) is 5.78 Å². The van der Waals surface area contributed by atoms with E-state index in [0.29, 0.717) is 22.7 Å². The Labute approximate surface area is 116 Å². The molecule has 0 saturated heterocycles. The van der Waals surface area contributed by atoms with Crippen LogP contribution in [0.5, 0.6) is 0 Å². The van der Waals surface area contributed by atoms with E-state index in [4.69, 9.17) is 11.6 Å². The first-order valence-corrected chi connectivity index (χ1v) is 6.14. The summed E-state index contributed by atoms with van der Waals surface area (Å²) in [6.45, 7) is 0.00907. The van der Waals surface area contributed by atoms with Crippen molar-refractivity contribution in [1.82, 2.24) is 0 Å². The molecule has 3 nitrogen and oxygen atoms in total. The van der Waals surface area contributed by atoms with Gasteiger partial charge in [0, 0.05) is 16.3 Å². The minimum absolute atomic E-state index is 0.00907. The van der Waals surface area contributed by atoms with Crippen LogP contribution < -0.4 is 4.90 Å². The van der Waals surface area contributed by atoms with Gasteiger partial charge in [-0.25, -0.2) is 0 Å². The normalized spacial score (nSPS) is 9.95. The second kappa shape index (κ2) is 6.16. The number of hydrogen-bond acceptors (Lipinski definition) is 2. The lowest BCUT2D eigenvalue weighted by Gasteiger charge is -2.16. The number of nitrogens with zero attached hydrogens (tertiary/aromatic N) is 1. The molecule has 0 aromatic heterocycles. The van der Waals surface area contributed by atoms with Crippen molar-refractivity contribution in [3.8, 4) is 0 Å². The fourth-order valence-electron chi connectivity index (χ4n) is 1.69. The summed E-state index contributed by atoms with van der Waals surface area (Å²) in [5, 5.41) is 0.587. The second-order valence-corrected chi connectivity index (χ2v) is 4.44. The molecule has 0 radical (unpaired) electrons. The monoisotopic (exact) mass is 273 g/mol. The van der Waals surface area contributed by atoms with E-state index in [9.17, 15) is 9.59 Å². The summed E-state index contributed by atoms with van der Waals surface area (Å²) >= 11 is 5.79. The van der Waals surface area contributed by atoms with Crippen LogP contribution in [0, 0.1) is 0 Å². The van der Waals surface area contributed by atoms with Gasteiger partial charge in [-0.15, -0.1) is 0 Å². The number of hydrogen-bond donors (Lipinski definition) is 0. The molecule has 0 bridgehead atoms. The van der Waals surface area contributed by atoms with Crippen molar-refractivity contribution in [2.45, 2.75) is 0 Å². The molecule has 2 aromatic rings. The van der Waals surface area contributed by atoms with Crippen LogP contribution >= 0.6 is 11.6 Å². The minimum Gasteiger partial charge on any atom is -0.307 e. The van der Waals surface area contributed by atoms with E-state index in [0.717, 1.165) is 0 Å². The lowest BCUT2D eigenvalue weighted by Crippen LogP contribution is -2.28. The third kappa shape index (κ3) is 3.42. The van der Waals surface area contributed by atoms with Crippen molar-refractivity contribution < 1.29 is 9.59 Å². The Hall–Kier alpha value is -2.13. The van der Waals surface area contributed by atoms with E-state index in [1.807, 2.05) is 6.07 Å². The maximum atomic E-state index is 12.0. The molecule has 0 heterocycles. The fraction of sp³-hybridized carbons (Fsp3) is 0.0667.